The number of piperidine rings is 2. The van der Waals surface area contributed by atoms with Gasteiger partial charge in [-0.1, -0.05) is 48.9 Å². The second-order valence-corrected chi connectivity index (χ2v) is 11.7. The highest BCUT2D eigenvalue weighted by Gasteiger charge is 2.57. The van der Waals surface area contributed by atoms with Gasteiger partial charge in [-0.3, -0.25) is 24.2 Å². The largest absolute Gasteiger partial charge is 0.361 e. The van der Waals surface area contributed by atoms with Gasteiger partial charge in [-0.2, -0.15) is 0 Å². The number of likely N-dealkylation sites (tertiary alicyclic amines) is 2. The predicted molar refractivity (Wildman–Crippen MR) is 161 cm³/mol. The van der Waals surface area contributed by atoms with Gasteiger partial charge in [0.2, 0.25) is 5.91 Å². The minimum absolute atomic E-state index is 0.0840. The second-order valence-electron chi connectivity index (χ2n) is 11.7. The molecule has 2 saturated heterocycles. The zero-order valence-corrected chi connectivity index (χ0v) is 24.6. The molecule has 218 valence electrons. The Morgan fingerprint density at radius 2 is 1.63 bits per heavy atom. The number of benzene rings is 2. The fourth-order valence-corrected chi connectivity index (χ4v) is 6.99. The van der Waals surface area contributed by atoms with Crippen molar-refractivity contribution >= 4 is 28.5 Å². The maximum Gasteiger partial charge on any atom is 0.259 e. The van der Waals surface area contributed by atoms with E-state index in [0.29, 0.717) is 24.7 Å². The average molecular weight is 558 g/mol. The molecule has 2 aromatic carbocycles. The monoisotopic (exact) mass is 557 g/mol. The van der Waals surface area contributed by atoms with Crippen LogP contribution in [0.3, 0.4) is 0 Å². The van der Waals surface area contributed by atoms with Crippen LogP contribution in [0.15, 0.2) is 54.7 Å². The van der Waals surface area contributed by atoms with Gasteiger partial charge in [0.1, 0.15) is 0 Å². The number of imide groups is 1. The standard InChI is InChI=1S/C33H43N5O3/c1-23-11-5-6-12-26(23)22-38(25(3)40)32(41)33(24(2)39,31(34)29-21-35-30-14-8-7-13-28(29)30)37-19-15-27(16-20-37)36-17-9-4-10-18-36/h5-8,11-14,21,27,31,35H,4,9-10,15-20,22,34H2,1-3H3. The number of fused-ring (bicyclic) bond motifs is 1. The van der Waals surface area contributed by atoms with E-state index in [0.717, 1.165) is 48.0 Å². The molecule has 0 radical (unpaired) electrons. The molecule has 8 heteroatoms. The maximum absolute atomic E-state index is 14.9. The number of rotatable bonds is 8. The molecule has 3 aromatic rings. The van der Waals surface area contributed by atoms with Crippen molar-refractivity contribution in [3.63, 3.8) is 0 Å². The van der Waals surface area contributed by atoms with E-state index in [9.17, 15) is 14.4 Å². The number of carbonyl (C=O) groups is 3. The van der Waals surface area contributed by atoms with Gasteiger partial charge in [0.25, 0.3) is 5.91 Å². The first kappa shape index (κ1) is 29.2. The van der Waals surface area contributed by atoms with Crippen LogP contribution in [-0.2, 0) is 20.9 Å². The topological polar surface area (TPSA) is 103 Å². The quantitative estimate of drug-likeness (QED) is 0.400. The lowest BCUT2D eigenvalue weighted by Crippen LogP contribution is -2.70. The summed E-state index contributed by atoms with van der Waals surface area (Å²) < 4.78 is 0. The third-order valence-electron chi connectivity index (χ3n) is 9.35. The minimum atomic E-state index is -1.73. The number of amides is 2. The van der Waals surface area contributed by atoms with Gasteiger partial charge >= 0.3 is 0 Å². The molecule has 2 atom stereocenters. The number of para-hydroxylation sites is 1. The summed E-state index contributed by atoms with van der Waals surface area (Å²) in [6.07, 6.45) is 7.21. The Labute approximate surface area is 242 Å². The molecule has 2 unspecified atom stereocenters. The zero-order valence-electron chi connectivity index (χ0n) is 24.6. The first-order valence-electron chi connectivity index (χ1n) is 14.9. The van der Waals surface area contributed by atoms with Gasteiger partial charge < -0.3 is 15.6 Å². The third-order valence-corrected chi connectivity index (χ3v) is 9.35. The molecule has 0 aliphatic carbocycles. The van der Waals surface area contributed by atoms with Crippen LogP contribution < -0.4 is 5.73 Å². The highest BCUT2D eigenvalue weighted by molar-refractivity contribution is 6.15. The van der Waals surface area contributed by atoms with Crippen molar-refractivity contribution in [2.45, 2.75) is 77.0 Å². The number of H-pyrrole nitrogens is 1. The van der Waals surface area contributed by atoms with Crippen LogP contribution in [0.2, 0.25) is 0 Å². The van der Waals surface area contributed by atoms with E-state index in [1.165, 1.54) is 38.0 Å². The zero-order chi connectivity index (χ0) is 29.1. The first-order chi connectivity index (χ1) is 19.7. The molecule has 5 rings (SSSR count). The molecule has 3 N–H and O–H groups in total. The van der Waals surface area contributed by atoms with Gasteiger partial charge in [0.05, 0.1) is 12.6 Å². The number of nitrogens with one attached hydrogen (secondary N) is 1. The molecular formula is C33H43N5O3. The summed E-state index contributed by atoms with van der Waals surface area (Å²) in [4.78, 5) is 51.1. The molecule has 3 heterocycles. The van der Waals surface area contributed by atoms with Crippen molar-refractivity contribution in [2.24, 2.45) is 5.73 Å². The van der Waals surface area contributed by atoms with Crippen molar-refractivity contribution in [2.75, 3.05) is 26.2 Å². The lowest BCUT2D eigenvalue weighted by atomic mass is 9.77. The summed E-state index contributed by atoms with van der Waals surface area (Å²) in [6, 6.07) is 14.9. The molecule has 0 saturated carbocycles. The smallest absolute Gasteiger partial charge is 0.259 e. The number of carbonyl (C=O) groups excluding carboxylic acids is 3. The van der Waals surface area contributed by atoms with E-state index in [1.54, 1.807) is 6.20 Å². The molecular weight excluding hydrogens is 514 g/mol. The second kappa shape index (κ2) is 12.3. The lowest BCUT2D eigenvalue weighted by molar-refractivity contribution is -0.160. The number of ketones is 1. The van der Waals surface area contributed by atoms with Gasteiger partial charge in [-0.15, -0.1) is 0 Å². The Morgan fingerprint density at radius 3 is 2.29 bits per heavy atom. The van der Waals surface area contributed by atoms with Crippen molar-refractivity contribution in [1.82, 2.24) is 19.7 Å². The molecule has 2 aliphatic heterocycles. The van der Waals surface area contributed by atoms with Crippen molar-refractivity contribution in [1.29, 1.82) is 0 Å². The number of aromatic amines is 1. The average Bonchev–Trinajstić information content (AvgIpc) is 3.41. The highest BCUT2D eigenvalue weighted by Crippen LogP contribution is 2.39. The van der Waals surface area contributed by atoms with Crippen LogP contribution >= 0.6 is 0 Å². The first-order valence-corrected chi connectivity index (χ1v) is 14.9. The van der Waals surface area contributed by atoms with E-state index in [2.05, 4.69) is 9.88 Å². The predicted octanol–water partition coefficient (Wildman–Crippen LogP) is 4.33. The lowest BCUT2D eigenvalue weighted by Gasteiger charge is -2.50. The molecule has 2 amide bonds. The van der Waals surface area contributed by atoms with Gasteiger partial charge in [0, 0.05) is 43.2 Å². The van der Waals surface area contributed by atoms with E-state index in [1.807, 2.05) is 60.4 Å². The number of hydrogen-bond donors (Lipinski definition) is 2. The van der Waals surface area contributed by atoms with Crippen molar-refractivity contribution in [3.8, 4) is 0 Å². The van der Waals surface area contributed by atoms with Crippen LogP contribution in [0.25, 0.3) is 10.9 Å². The number of aryl methyl sites for hydroxylation is 1. The Kier molecular flexibility index (Phi) is 8.73. The number of hydrogen-bond acceptors (Lipinski definition) is 6. The SMILES string of the molecule is CC(=O)N(Cc1ccccc1C)C(=O)C(C(C)=O)(C(N)c1c[nH]c2ccccc12)N1CCC(N2CCCCC2)CC1. The van der Waals surface area contributed by atoms with Crippen LogP contribution in [0.5, 0.6) is 0 Å². The van der Waals surface area contributed by atoms with Gasteiger partial charge in [-0.25, -0.2) is 0 Å². The molecule has 2 fully saturated rings. The number of nitrogens with two attached hydrogens (primary N) is 1. The Bertz CT molecular complexity index is 1400. The van der Waals surface area contributed by atoms with E-state index < -0.39 is 23.4 Å². The normalized spacial score (nSPS) is 19.5. The fraction of sp³-hybridized carbons (Fsp3) is 0.485. The molecule has 2 aliphatic rings. The summed E-state index contributed by atoms with van der Waals surface area (Å²) in [6.45, 7) is 8.20. The summed E-state index contributed by atoms with van der Waals surface area (Å²) >= 11 is 0. The highest BCUT2D eigenvalue weighted by atomic mass is 16.2. The van der Waals surface area contributed by atoms with Crippen molar-refractivity contribution in [3.05, 3.63) is 71.4 Å². The third kappa shape index (κ3) is 5.48. The van der Waals surface area contributed by atoms with Crippen LogP contribution in [0.4, 0.5) is 0 Å². The minimum Gasteiger partial charge on any atom is -0.361 e. The number of Topliss-reactive ketones (excluding diaryl/α,β-unsaturated/α-hetero) is 1. The summed E-state index contributed by atoms with van der Waals surface area (Å²) in [7, 11) is 0. The Balaban J connectivity index is 1.57. The molecule has 0 spiro atoms. The van der Waals surface area contributed by atoms with Crippen LogP contribution in [0.1, 0.15) is 68.7 Å². The Hall–Kier alpha value is -3.33. The molecule has 1 aromatic heterocycles. The van der Waals surface area contributed by atoms with Gasteiger partial charge in [-0.05, 0) is 75.4 Å². The molecule has 0 bridgehead atoms. The Morgan fingerprint density at radius 1 is 0.976 bits per heavy atom. The van der Waals surface area contributed by atoms with E-state index in [-0.39, 0.29) is 12.3 Å². The molecule has 41 heavy (non-hydrogen) atoms. The van der Waals surface area contributed by atoms with Crippen molar-refractivity contribution < 1.29 is 14.4 Å². The molecule has 8 nitrogen and oxygen atoms in total. The van der Waals surface area contributed by atoms with E-state index >= 15 is 0 Å². The maximum atomic E-state index is 14.9. The van der Waals surface area contributed by atoms with Crippen LogP contribution in [0, 0.1) is 6.92 Å². The van der Waals surface area contributed by atoms with E-state index in [4.69, 9.17) is 5.73 Å². The number of nitrogens with zero attached hydrogens (tertiary/aromatic N) is 3. The summed E-state index contributed by atoms with van der Waals surface area (Å²) in [5.74, 6) is -1.29. The summed E-state index contributed by atoms with van der Waals surface area (Å²) in [5, 5.41) is 0.870. The van der Waals surface area contributed by atoms with Gasteiger partial charge in [0.15, 0.2) is 11.3 Å². The number of aromatic nitrogens is 1. The summed E-state index contributed by atoms with van der Waals surface area (Å²) in [5.41, 5.74) is 8.79. The fourth-order valence-electron chi connectivity index (χ4n) is 6.99. The van der Waals surface area contributed by atoms with Crippen LogP contribution in [-0.4, -0.2) is 75.0 Å².